The molecule has 1 heterocycles. The second-order valence-corrected chi connectivity index (χ2v) is 6.40. The fourth-order valence-corrected chi connectivity index (χ4v) is 2.61. The van der Waals surface area contributed by atoms with Gasteiger partial charge in [0.15, 0.2) is 0 Å². The molecule has 0 aliphatic rings. The maximum Gasteiger partial charge on any atom is 0.309 e. The lowest BCUT2D eigenvalue weighted by atomic mass is 9.87. The van der Waals surface area contributed by atoms with E-state index in [2.05, 4.69) is 37.9 Å². The lowest BCUT2D eigenvalue weighted by Crippen LogP contribution is -2.10. The summed E-state index contributed by atoms with van der Waals surface area (Å²) in [6.45, 7) is 6.53. The average Bonchev–Trinajstić information content (AvgIpc) is 2.75. The summed E-state index contributed by atoms with van der Waals surface area (Å²) < 4.78 is 0. The zero-order chi connectivity index (χ0) is 14.0. The van der Waals surface area contributed by atoms with E-state index in [0.717, 1.165) is 10.6 Å². The second kappa shape index (κ2) is 5.13. The van der Waals surface area contributed by atoms with E-state index in [0.29, 0.717) is 5.69 Å². The molecular formula is C15H17NO2S. The van der Waals surface area contributed by atoms with Crippen molar-refractivity contribution in [2.24, 2.45) is 0 Å². The summed E-state index contributed by atoms with van der Waals surface area (Å²) in [4.78, 5) is 15.0. The van der Waals surface area contributed by atoms with Crippen LogP contribution in [0.5, 0.6) is 0 Å². The van der Waals surface area contributed by atoms with Crippen molar-refractivity contribution >= 4 is 17.3 Å². The molecule has 2 aromatic rings. The molecule has 100 valence electrons. The number of carboxylic acids is 1. The number of benzene rings is 1. The lowest BCUT2D eigenvalue weighted by Gasteiger charge is -2.18. The van der Waals surface area contributed by atoms with Gasteiger partial charge in [-0.15, -0.1) is 11.3 Å². The molecule has 19 heavy (non-hydrogen) atoms. The first-order valence-electron chi connectivity index (χ1n) is 6.13. The molecule has 1 aromatic carbocycles. The zero-order valence-corrected chi connectivity index (χ0v) is 12.1. The number of hydrogen-bond acceptors (Lipinski definition) is 3. The lowest BCUT2D eigenvalue weighted by molar-refractivity contribution is -0.136. The molecule has 0 atom stereocenters. The molecular weight excluding hydrogens is 258 g/mol. The van der Waals surface area contributed by atoms with Gasteiger partial charge in [0.05, 0.1) is 12.1 Å². The van der Waals surface area contributed by atoms with Crippen LogP contribution in [0.3, 0.4) is 0 Å². The van der Waals surface area contributed by atoms with Crippen molar-refractivity contribution < 1.29 is 9.90 Å². The summed E-state index contributed by atoms with van der Waals surface area (Å²) in [6.07, 6.45) is -0.0173. The quantitative estimate of drug-likeness (QED) is 0.928. The van der Waals surface area contributed by atoms with E-state index in [1.807, 2.05) is 12.1 Å². The van der Waals surface area contributed by atoms with Crippen LogP contribution in [0.15, 0.2) is 29.6 Å². The van der Waals surface area contributed by atoms with Gasteiger partial charge in [-0.1, -0.05) is 45.0 Å². The van der Waals surface area contributed by atoms with Crippen LogP contribution in [0, 0.1) is 0 Å². The van der Waals surface area contributed by atoms with Crippen LogP contribution in [-0.4, -0.2) is 16.1 Å². The van der Waals surface area contributed by atoms with Gasteiger partial charge in [-0.05, 0) is 11.0 Å². The van der Waals surface area contributed by atoms with Crippen molar-refractivity contribution in [2.75, 3.05) is 0 Å². The Morgan fingerprint density at radius 1 is 1.26 bits per heavy atom. The summed E-state index contributed by atoms with van der Waals surface area (Å²) in [5.41, 5.74) is 3.07. The van der Waals surface area contributed by atoms with Gasteiger partial charge >= 0.3 is 5.97 Å². The molecule has 0 saturated carbocycles. The molecule has 0 fully saturated rings. The van der Waals surface area contributed by atoms with Gasteiger partial charge in [0, 0.05) is 10.9 Å². The third kappa shape index (κ3) is 3.41. The highest BCUT2D eigenvalue weighted by Crippen LogP contribution is 2.28. The van der Waals surface area contributed by atoms with Gasteiger partial charge in [0.1, 0.15) is 5.01 Å². The summed E-state index contributed by atoms with van der Waals surface area (Å²) in [7, 11) is 0. The number of hydrogen-bond donors (Lipinski definition) is 1. The van der Waals surface area contributed by atoms with Gasteiger partial charge in [-0.2, -0.15) is 0 Å². The Morgan fingerprint density at radius 3 is 2.42 bits per heavy atom. The molecule has 0 amide bonds. The number of aromatic nitrogens is 1. The van der Waals surface area contributed by atoms with Gasteiger partial charge < -0.3 is 5.11 Å². The first-order chi connectivity index (χ1) is 8.86. The van der Waals surface area contributed by atoms with Crippen molar-refractivity contribution in [2.45, 2.75) is 32.6 Å². The summed E-state index contributed by atoms with van der Waals surface area (Å²) in [5.74, 6) is -0.847. The Labute approximate surface area is 116 Å². The smallest absolute Gasteiger partial charge is 0.309 e. The molecule has 4 heteroatoms. The Bertz CT molecular complexity index is 579. The molecule has 0 unspecified atom stereocenters. The topological polar surface area (TPSA) is 50.2 Å². The Morgan fingerprint density at radius 2 is 1.89 bits per heavy atom. The fourth-order valence-electron chi connectivity index (χ4n) is 1.79. The van der Waals surface area contributed by atoms with Crippen LogP contribution in [0.1, 0.15) is 32.0 Å². The molecule has 1 N–H and O–H groups in total. The molecule has 0 spiro atoms. The second-order valence-electron chi connectivity index (χ2n) is 5.54. The van der Waals surface area contributed by atoms with Gasteiger partial charge in [0.2, 0.25) is 0 Å². The van der Waals surface area contributed by atoms with Gasteiger partial charge in [-0.25, -0.2) is 4.98 Å². The van der Waals surface area contributed by atoms with Crippen LogP contribution in [-0.2, 0) is 16.6 Å². The monoisotopic (exact) mass is 275 g/mol. The molecule has 1 aromatic heterocycles. The summed E-state index contributed by atoms with van der Waals surface area (Å²) in [5, 5.41) is 11.4. The highest BCUT2D eigenvalue weighted by atomic mass is 32.1. The number of aliphatic carboxylic acids is 1. The number of rotatable bonds is 3. The summed E-state index contributed by atoms with van der Waals surface area (Å²) >= 11 is 1.48. The van der Waals surface area contributed by atoms with Crippen LogP contribution < -0.4 is 0 Å². The standard InChI is InChI=1S/C15H17NO2S/c1-15(2,3)11-6-4-10(5-7-11)14-16-12(9-19-14)8-13(17)18/h4-7,9H,8H2,1-3H3,(H,17,18). The Hall–Kier alpha value is -1.68. The molecule has 0 aliphatic heterocycles. The molecule has 0 bridgehead atoms. The predicted molar refractivity (Wildman–Crippen MR) is 77.6 cm³/mol. The van der Waals surface area contributed by atoms with Crippen molar-refractivity contribution in [3.05, 3.63) is 40.9 Å². The largest absolute Gasteiger partial charge is 0.481 e. The number of carbonyl (C=O) groups is 1. The Balaban J connectivity index is 2.23. The van der Waals surface area contributed by atoms with E-state index < -0.39 is 5.97 Å². The van der Waals surface area contributed by atoms with Gasteiger partial charge in [-0.3, -0.25) is 4.79 Å². The minimum atomic E-state index is -0.847. The minimum Gasteiger partial charge on any atom is -0.481 e. The van der Waals surface area contributed by atoms with E-state index in [1.54, 1.807) is 5.38 Å². The van der Waals surface area contributed by atoms with E-state index in [-0.39, 0.29) is 11.8 Å². The van der Waals surface area contributed by atoms with Crippen LogP contribution in [0.4, 0.5) is 0 Å². The highest BCUT2D eigenvalue weighted by molar-refractivity contribution is 7.13. The Kier molecular flexibility index (Phi) is 3.71. The molecule has 2 rings (SSSR count). The number of carboxylic acid groups (broad SMARTS) is 1. The zero-order valence-electron chi connectivity index (χ0n) is 11.3. The molecule has 3 nitrogen and oxygen atoms in total. The maximum absolute atomic E-state index is 10.6. The maximum atomic E-state index is 10.6. The first-order valence-corrected chi connectivity index (χ1v) is 7.01. The van der Waals surface area contributed by atoms with E-state index in [9.17, 15) is 4.79 Å². The van der Waals surface area contributed by atoms with Crippen LogP contribution in [0.25, 0.3) is 10.6 Å². The van der Waals surface area contributed by atoms with Crippen LogP contribution in [0.2, 0.25) is 0 Å². The van der Waals surface area contributed by atoms with E-state index >= 15 is 0 Å². The van der Waals surface area contributed by atoms with Crippen molar-refractivity contribution in [3.8, 4) is 10.6 Å². The van der Waals surface area contributed by atoms with Gasteiger partial charge in [0.25, 0.3) is 0 Å². The molecule has 0 aliphatic carbocycles. The normalized spacial score (nSPS) is 11.5. The fraction of sp³-hybridized carbons (Fsp3) is 0.333. The predicted octanol–water partition coefficient (Wildman–Crippen LogP) is 3.73. The highest BCUT2D eigenvalue weighted by Gasteiger charge is 2.14. The summed E-state index contributed by atoms with van der Waals surface area (Å²) in [6, 6.07) is 8.30. The first kappa shape index (κ1) is 13.7. The SMILES string of the molecule is CC(C)(C)c1ccc(-c2nc(CC(=O)O)cs2)cc1. The van der Waals surface area contributed by atoms with E-state index in [1.165, 1.54) is 16.9 Å². The van der Waals surface area contributed by atoms with Crippen molar-refractivity contribution in [1.82, 2.24) is 4.98 Å². The molecule has 0 radical (unpaired) electrons. The van der Waals surface area contributed by atoms with Crippen LogP contribution >= 0.6 is 11.3 Å². The third-order valence-corrected chi connectivity index (χ3v) is 3.82. The average molecular weight is 275 g/mol. The number of thiazole rings is 1. The third-order valence-electron chi connectivity index (χ3n) is 2.88. The van der Waals surface area contributed by atoms with Crippen molar-refractivity contribution in [3.63, 3.8) is 0 Å². The minimum absolute atomic E-state index is 0.0173. The number of nitrogens with zero attached hydrogens (tertiary/aromatic N) is 1. The van der Waals surface area contributed by atoms with E-state index in [4.69, 9.17) is 5.11 Å². The molecule has 0 saturated heterocycles. The van der Waals surface area contributed by atoms with Crippen molar-refractivity contribution in [1.29, 1.82) is 0 Å².